The number of rotatable bonds is 13. The number of hydrogen-bond donors (Lipinski definition) is 1. The molecule has 16 heteroatoms. The van der Waals surface area contributed by atoms with Crippen molar-refractivity contribution in [2.45, 2.75) is 58.4 Å². The number of halogens is 1. The number of amidine groups is 1. The summed E-state index contributed by atoms with van der Waals surface area (Å²) in [5.41, 5.74) is 5.00. The van der Waals surface area contributed by atoms with Gasteiger partial charge in [-0.05, 0) is 68.0 Å². The van der Waals surface area contributed by atoms with Crippen LogP contribution in [0.3, 0.4) is 0 Å². The van der Waals surface area contributed by atoms with Crippen LogP contribution >= 0.6 is 11.6 Å². The van der Waals surface area contributed by atoms with Gasteiger partial charge in [0.25, 0.3) is 5.52 Å². The minimum Gasteiger partial charge on any atom is -0.748 e. The summed E-state index contributed by atoms with van der Waals surface area (Å²) >= 11 is 6.34. The van der Waals surface area contributed by atoms with Crippen LogP contribution < -0.4 is 19.7 Å². The molecular formula is C43H49ClN6O7S2. The third-order valence-corrected chi connectivity index (χ3v) is 12.3. The van der Waals surface area contributed by atoms with Gasteiger partial charge in [0.15, 0.2) is 6.54 Å². The van der Waals surface area contributed by atoms with E-state index in [1.807, 2.05) is 75.9 Å². The molecule has 0 unspecified atom stereocenters. The van der Waals surface area contributed by atoms with E-state index >= 15 is 0 Å². The molecule has 3 aromatic carbocycles. The van der Waals surface area contributed by atoms with Crippen molar-refractivity contribution in [1.82, 2.24) is 5.32 Å². The number of hydrogen-bond acceptors (Lipinski definition) is 11. The average Bonchev–Trinajstić information content (AvgIpc) is 3.56. The second-order valence-electron chi connectivity index (χ2n) is 14.5. The smallest absolute Gasteiger partial charge is 0.374 e. The molecule has 0 saturated heterocycles. The molecule has 0 saturated carbocycles. The summed E-state index contributed by atoms with van der Waals surface area (Å²) in [4.78, 5) is 3.83. The summed E-state index contributed by atoms with van der Waals surface area (Å²) in [7, 11) is -8.79. The van der Waals surface area contributed by atoms with Crippen LogP contribution in [0.25, 0.3) is 28.3 Å². The summed E-state index contributed by atoms with van der Waals surface area (Å²) < 4.78 is 78.3. The molecule has 13 nitrogen and oxygen atoms in total. The quantitative estimate of drug-likeness (QED) is 0.0882. The molecule has 0 bridgehead atoms. The van der Waals surface area contributed by atoms with Gasteiger partial charge >= 0.3 is 5.89 Å². The lowest BCUT2D eigenvalue weighted by Crippen LogP contribution is -2.40. The number of aryl methyl sites for hydroxylation is 1. The fourth-order valence-electron chi connectivity index (χ4n) is 7.63. The van der Waals surface area contributed by atoms with Gasteiger partial charge in [-0.2, -0.15) is 9.83 Å². The molecule has 0 spiro atoms. The van der Waals surface area contributed by atoms with Crippen molar-refractivity contribution in [3.8, 4) is 17.2 Å². The number of oxazole rings is 1. The van der Waals surface area contributed by atoms with Gasteiger partial charge in [-0.25, -0.2) is 16.8 Å². The Balaban J connectivity index is 0.000000455. The zero-order valence-corrected chi connectivity index (χ0v) is 35.4. The van der Waals surface area contributed by atoms with Gasteiger partial charge in [0.05, 0.1) is 67.9 Å². The van der Waals surface area contributed by atoms with Gasteiger partial charge in [-0.1, -0.05) is 66.2 Å². The minimum atomic E-state index is -4.41. The van der Waals surface area contributed by atoms with Gasteiger partial charge in [0, 0.05) is 49.9 Å². The van der Waals surface area contributed by atoms with E-state index in [1.165, 1.54) is 57.6 Å². The van der Waals surface area contributed by atoms with E-state index in [9.17, 15) is 31.2 Å². The maximum absolute atomic E-state index is 11.3. The number of aromatic nitrogens is 1. The van der Waals surface area contributed by atoms with Gasteiger partial charge in [0.2, 0.25) is 11.4 Å². The highest BCUT2D eigenvalue weighted by Gasteiger charge is 2.31. The van der Waals surface area contributed by atoms with Gasteiger partial charge in [-0.15, -0.1) is 0 Å². The number of nitriles is 1. The second kappa shape index (κ2) is 19.8. The third-order valence-electron chi connectivity index (χ3n) is 10.4. The molecule has 0 atom stereocenters. The Morgan fingerprint density at radius 1 is 0.881 bits per heavy atom. The van der Waals surface area contributed by atoms with E-state index in [1.54, 1.807) is 36.4 Å². The van der Waals surface area contributed by atoms with E-state index in [0.717, 1.165) is 22.3 Å². The third kappa shape index (κ3) is 11.6. The standard InChI is InChI=1S/C34H33ClN4O7S2.C9H16N2/c1-2-37-30-23-28(35)27(24-36)22-29(30)38(17-9-19-47(40,41)42)33(37)13-7-4-8-14-34-39(18-10-20-48(43,44)45)31-21-26(15-16-32(31)46-34)25-11-5-3-6-12-25;1-2-5-9-10-6-4-8-11(9)7-3-1/h3-8,11-16,21-23H,2,9-10,17-20H2,1H3,(H-,40,41,42,43,44,45);1-8H2. The Labute approximate surface area is 351 Å². The Morgan fingerprint density at radius 2 is 1.63 bits per heavy atom. The summed E-state index contributed by atoms with van der Waals surface area (Å²) in [5, 5.41) is 13.3. The number of anilines is 2. The minimum absolute atomic E-state index is 0.0833. The second-order valence-corrected chi connectivity index (χ2v) is 17.9. The first-order valence-electron chi connectivity index (χ1n) is 19.9. The number of benzene rings is 3. The van der Waals surface area contributed by atoms with Gasteiger partial charge in [-0.3, -0.25) is 9.89 Å². The lowest BCUT2D eigenvalue weighted by Gasteiger charge is -2.24. The highest BCUT2D eigenvalue weighted by molar-refractivity contribution is 7.85. The number of allylic oxidation sites excluding steroid dienone is 4. The Morgan fingerprint density at radius 3 is 2.37 bits per heavy atom. The molecule has 312 valence electrons. The van der Waals surface area contributed by atoms with Gasteiger partial charge in [0.1, 0.15) is 11.9 Å². The maximum Gasteiger partial charge on any atom is 0.374 e. The summed E-state index contributed by atoms with van der Waals surface area (Å²) in [6, 6.07) is 21.0. The molecule has 0 amide bonds. The summed E-state index contributed by atoms with van der Waals surface area (Å²) in [5.74, 6) is 1.65. The van der Waals surface area contributed by atoms with Crippen LogP contribution in [0.4, 0.5) is 11.4 Å². The van der Waals surface area contributed by atoms with Gasteiger partial charge < -0.3 is 23.3 Å². The molecule has 1 aromatic heterocycles. The van der Waals surface area contributed by atoms with Crippen LogP contribution in [0.5, 0.6) is 0 Å². The number of fused-ring (bicyclic) bond motifs is 2. The average molecular weight is 861 g/mol. The molecule has 3 aliphatic heterocycles. The lowest BCUT2D eigenvalue weighted by atomic mass is 10.1. The first kappa shape index (κ1) is 43.6. The largest absolute Gasteiger partial charge is 0.748 e. The van der Waals surface area contributed by atoms with Crippen molar-refractivity contribution < 1.29 is 39.5 Å². The van der Waals surface area contributed by atoms with E-state index in [-0.39, 0.29) is 31.5 Å². The molecule has 4 aromatic rings. The molecule has 7 rings (SSSR count). The lowest BCUT2D eigenvalue weighted by molar-refractivity contribution is -0.677. The van der Waals surface area contributed by atoms with Crippen molar-refractivity contribution in [3.63, 3.8) is 0 Å². The van der Waals surface area contributed by atoms with Crippen LogP contribution in [-0.2, 0) is 26.8 Å². The first-order chi connectivity index (χ1) is 28.3. The van der Waals surface area contributed by atoms with Crippen molar-refractivity contribution in [3.05, 3.63) is 107 Å². The Kier molecular flexibility index (Phi) is 14.7. The van der Waals surface area contributed by atoms with Crippen LogP contribution in [0, 0.1) is 11.3 Å². The van der Waals surface area contributed by atoms with Crippen LogP contribution in [0.2, 0.25) is 5.02 Å². The topological polar surface area (TPSA) is 177 Å². The van der Waals surface area contributed by atoms with Crippen molar-refractivity contribution >= 4 is 66.2 Å². The van der Waals surface area contributed by atoms with Crippen molar-refractivity contribution in [2.24, 2.45) is 0 Å². The predicted octanol–water partition coefficient (Wildman–Crippen LogP) is 6.50. The van der Waals surface area contributed by atoms with E-state index in [4.69, 9.17) is 16.0 Å². The molecule has 59 heavy (non-hydrogen) atoms. The molecule has 1 N–H and O–H groups in total. The number of nitrogens with zero attached hydrogens (tertiary/aromatic N) is 5. The molecule has 0 aliphatic carbocycles. The van der Waals surface area contributed by atoms with Crippen molar-refractivity contribution in [1.29, 1.82) is 5.26 Å². The highest BCUT2D eigenvalue weighted by atomic mass is 35.5. The number of nitrogens with one attached hydrogen (secondary N) is 1. The van der Waals surface area contributed by atoms with E-state index in [2.05, 4.69) is 16.0 Å². The highest BCUT2D eigenvalue weighted by Crippen LogP contribution is 2.44. The molecule has 0 radical (unpaired) electrons. The van der Waals surface area contributed by atoms with E-state index < -0.39 is 31.7 Å². The fourth-order valence-corrected chi connectivity index (χ4v) is 8.80. The zero-order chi connectivity index (χ0) is 42.0. The molecule has 3 aliphatic rings. The van der Waals surface area contributed by atoms with E-state index in [0.29, 0.717) is 34.5 Å². The maximum atomic E-state index is 11.3. The molecule has 0 fully saturated rings. The summed E-state index contributed by atoms with van der Waals surface area (Å²) in [6.07, 6.45) is 15.9. The Hall–Kier alpha value is -4.98. The van der Waals surface area contributed by atoms with Crippen LogP contribution in [0.15, 0.2) is 95.2 Å². The molecule has 4 heterocycles. The normalized spacial score (nSPS) is 16.6. The summed E-state index contributed by atoms with van der Waals surface area (Å²) in [6.45, 7) is 6.74. The van der Waals surface area contributed by atoms with Crippen LogP contribution in [0.1, 0.15) is 63.3 Å². The first-order valence-corrected chi connectivity index (χ1v) is 23.5. The predicted molar refractivity (Wildman–Crippen MR) is 229 cm³/mol. The fraction of sp³-hybridized carbons (Fsp3) is 0.372. The monoisotopic (exact) mass is 860 g/mol. The van der Waals surface area contributed by atoms with Crippen LogP contribution in [-0.4, -0.2) is 80.6 Å². The Bertz CT molecular complexity index is 2510. The zero-order valence-electron chi connectivity index (χ0n) is 33.1. The molecular weight excluding hydrogens is 812 g/mol. The van der Waals surface area contributed by atoms with Crippen molar-refractivity contribution in [2.75, 3.05) is 54.0 Å². The SMILES string of the molecule is C1CCC2=[N+](CC1)CCCN2.CCN1C(=CC=CC=Cc2oc3ccc(-c4ccccc4)cc3[n+]2CCCS(=O)(=O)[O-])N(CCCS(=O)(=O)[O-])c2cc(C#N)c(Cl)cc21.